The van der Waals surface area contributed by atoms with Crippen molar-refractivity contribution in [1.82, 2.24) is 0 Å². The highest BCUT2D eigenvalue weighted by Gasteiger charge is 2.28. The van der Waals surface area contributed by atoms with Crippen LogP contribution in [0.15, 0.2) is 0 Å². The molecule has 0 aromatic carbocycles. The van der Waals surface area contributed by atoms with Crippen LogP contribution in [0.4, 0.5) is 0 Å². The SMILES string of the molecule is CC(C)(C)C(C#N)C[N+](=O)[O-]. The minimum absolute atomic E-state index is 0.264. The van der Waals surface area contributed by atoms with Gasteiger partial charge >= 0.3 is 0 Å². The molecule has 0 aliphatic heterocycles. The molecule has 0 aromatic rings. The maximum Gasteiger partial charge on any atom is 0.220 e. The Balaban J connectivity index is 4.22. The zero-order valence-electron chi connectivity index (χ0n) is 7.00. The van der Waals surface area contributed by atoms with Gasteiger partial charge in [-0.2, -0.15) is 5.26 Å². The number of hydrogen-bond acceptors (Lipinski definition) is 3. The van der Waals surface area contributed by atoms with Gasteiger partial charge in [-0.15, -0.1) is 0 Å². The van der Waals surface area contributed by atoms with Crippen molar-refractivity contribution in [1.29, 1.82) is 5.26 Å². The molecule has 0 spiro atoms. The van der Waals surface area contributed by atoms with Crippen LogP contribution in [0.2, 0.25) is 0 Å². The molecular weight excluding hydrogens is 144 g/mol. The van der Waals surface area contributed by atoms with Gasteiger partial charge in [0.05, 0.1) is 6.07 Å². The third-order valence-electron chi connectivity index (χ3n) is 1.53. The summed E-state index contributed by atoms with van der Waals surface area (Å²) in [6, 6.07) is 1.93. The summed E-state index contributed by atoms with van der Waals surface area (Å²) in [5.41, 5.74) is -0.304. The van der Waals surface area contributed by atoms with Crippen LogP contribution in [-0.2, 0) is 0 Å². The normalized spacial score (nSPS) is 13.6. The molecular formula is C7H12N2O2. The van der Waals surface area contributed by atoms with Gasteiger partial charge < -0.3 is 0 Å². The molecule has 0 amide bonds. The van der Waals surface area contributed by atoms with Crippen molar-refractivity contribution in [2.45, 2.75) is 20.8 Å². The standard InChI is InChI=1S/C7H12N2O2/c1-7(2,3)6(4-8)5-9(10)11/h6H,5H2,1-3H3. The Bertz CT molecular complexity index is 188. The van der Waals surface area contributed by atoms with Crippen molar-refractivity contribution < 1.29 is 4.92 Å². The lowest BCUT2D eigenvalue weighted by Crippen LogP contribution is -2.26. The van der Waals surface area contributed by atoms with E-state index in [2.05, 4.69) is 0 Å². The van der Waals surface area contributed by atoms with Gasteiger partial charge in [0.1, 0.15) is 5.92 Å². The highest BCUT2D eigenvalue weighted by atomic mass is 16.6. The molecule has 4 nitrogen and oxygen atoms in total. The van der Waals surface area contributed by atoms with E-state index in [0.717, 1.165) is 0 Å². The van der Waals surface area contributed by atoms with Crippen molar-refractivity contribution in [2.24, 2.45) is 11.3 Å². The van der Waals surface area contributed by atoms with E-state index in [-0.39, 0.29) is 12.0 Å². The van der Waals surface area contributed by atoms with Crippen molar-refractivity contribution >= 4 is 0 Å². The van der Waals surface area contributed by atoms with E-state index >= 15 is 0 Å². The molecule has 0 rings (SSSR count). The van der Waals surface area contributed by atoms with Gasteiger partial charge in [0.15, 0.2) is 0 Å². The first-order valence-corrected chi connectivity index (χ1v) is 3.39. The summed E-state index contributed by atoms with van der Waals surface area (Å²) >= 11 is 0. The Hall–Kier alpha value is -1.11. The molecule has 0 radical (unpaired) electrons. The summed E-state index contributed by atoms with van der Waals surface area (Å²) < 4.78 is 0. The molecule has 11 heavy (non-hydrogen) atoms. The van der Waals surface area contributed by atoms with Crippen LogP contribution in [0.1, 0.15) is 20.8 Å². The summed E-state index contributed by atoms with van der Waals surface area (Å²) in [5, 5.41) is 18.6. The number of nitriles is 1. The molecule has 0 heterocycles. The van der Waals surface area contributed by atoms with Crippen molar-refractivity contribution in [3.8, 4) is 6.07 Å². The number of nitro groups is 1. The summed E-state index contributed by atoms with van der Waals surface area (Å²) in [6.45, 7) is 5.21. The van der Waals surface area contributed by atoms with Gasteiger partial charge in [0, 0.05) is 4.92 Å². The van der Waals surface area contributed by atoms with Crippen LogP contribution in [0.5, 0.6) is 0 Å². The largest absolute Gasteiger partial charge is 0.264 e. The molecule has 62 valence electrons. The Morgan fingerprint density at radius 1 is 1.64 bits per heavy atom. The molecule has 0 saturated carbocycles. The smallest absolute Gasteiger partial charge is 0.220 e. The third kappa shape index (κ3) is 3.56. The van der Waals surface area contributed by atoms with E-state index in [1.54, 1.807) is 0 Å². The number of nitrogens with zero attached hydrogens (tertiary/aromatic N) is 2. The van der Waals surface area contributed by atoms with Crippen LogP contribution in [0.3, 0.4) is 0 Å². The van der Waals surface area contributed by atoms with E-state index < -0.39 is 10.8 Å². The lowest BCUT2D eigenvalue weighted by molar-refractivity contribution is -0.488. The molecule has 0 N–H and O–H groups in total. The van der Waals surface area contributed by atoms with Crippen molar-refractivity contribution in [3.63, 3.8) is 0 Å². The number of hydrogen-bond donors (Lipinski definition) is 0. The monoisotopic (exact) mass is 156 g/mol. The molecule has 0 bridgehead atoms. The molecule has 0 aromatic heterocycles. The van der Waals surface area contributed by atoms with E-state index in [1.807, 2.05) is 26.8 Å². The fraction of sp³-hybridized carbons (Fsp3) is 0.857. The predicted octanol–water partition coefficient (Wildman–Crippen LogP) is 1.45. The van der Waals surface area contributed by atoms with Crippen LogP contribution < -0.4 is 0 Å². The van der Waals surface area contributed by atoms with Gasteiger partial charge in [-0.25, -0.2) is 0 Å². The van der Waals surface area contributed by atoms with Gasteiger partial charge in [0.25, 0.3) is 0 Å². The summed E-state index contributed by atoms with van der Waals surface area (Å²) in [5.74, 6) is -0.502. The Morgan fingerprint density at radius 3 is 2.18 bits per heavy atom. The van der Waals surface area contributed by atoms with Crippen LogP contribution in [0.25, 0.3) is 0 Å². The quantitative estimate of drug-likeness (QED) is 0.449. The van der Waals surface area contributed by atoms with Crippen molar-refractivity contribution in [3.05, 3.63) is 10.1 Å². The maximum absolute atomic E-state index is 10.1. The van der Waals surface area contributed by atoms with Crippen LogP contribution in [0, 0.1) is 32.8 Å². The summed E-state index contributed by atoms with van der Waals surface area (Å²) in [4.78, 5) is 9.62. The van der Waals surface area contributed by atoms with Crippen molar-refractivity contribution in [2.75, 3.05) is 6.54 Å². The Morgan fingerprint density at radius 2 is 2.09 bits per heavy atom. The average Bonchev–Trinajstić information content (AvgIpc) is 1.79. The van der Waals surface area contributed by atoms with E-state index in [1.165, 1.54) is 0 Å². The second kappa shape index (κ2) is 3.33. The molecule has 1 atom stereocenters. The predicted molar refractivity (Wildman–Crippen MR) is 40.4 cm³/mol. The van der Waals surface area contributed by atoms with Crippen LogP contribution in [-0.4, -0.2) is 11.5 Å². The fourth-order valence-electron chi connectivity index (χ4n) is 0.657. The summed E-state index contributed by atoms with van der Waals surface area (Å²) in [6.07, 6.45) is 0. The number of rotatable bonds is 2. The second-order valence-corrected chi connectivity index (χ2v) is 3.56. The molecule has 1 unspecified atom stereocenters. The molecule has 0 aliphatic carbocycles. The Labute approximate surface area is 66.0 Å². The minimum atomic E-state index is -0.502. The lowest BCUT2D eigenvalue weighted by Gasteiger charge is -2.20. The second-order valence-electron chi connectivity index (χ2n) is 3.56. The summed E-state index contributed by atoms with van der Waals surface area (Å²) in [7, 11) is 0. The third-order valence-corrected chi connectivity index (χ3v) is 1.53. The minimum Gasteiger partial charge on any atom is -0.264 e. The van der Waals surface area contributed by atoms with Crippen LogP contribution >= 0.6 is 0 Å². The van der Waals surface area contributed by atoms with Gasteiger partial charge in [0.2, 0.25) is 6.54 Å². The zero-order chi connectivity index (χ0) is 9.07. The lowest BCUT2D eigenvalue weighted by atomic mass is 9.82. The molecule has 0 fully saturated rings. The van der Waals surface area contributed by atoms with E-state index in [0.29, 0.717) is 0 Å². The van der Waals surface area contributed by atoms with E-state index in [4.69, 9.17) is 5.26 Å². The van der Waals surface area contributed by atoms with Gasteiger partial charge in [-0.05, 0) is 5.41 Å². The first-order chi connectivity index (χ1) is 4.88. The average molecular weight is 156 g/mol. The van der Waals surface area contributed by atoms with Gasteiger partial charge in [-0.3, -0.25) is 10.1 Å². The zero-order valence-corrected chi connectivity index (χ0v) is 7.00. The van der Waals surface area contributed by atoms with E-state index in [9.17, 15) is 10.1 Å². The molecule has 0 aliphatic rings. The topological polar surface area (TPSA) is 66.9 Å². The first-order valence-electron chi connectivity index (χ1n) is 3.39. The highest BCUT2D eigenvalue weighted by Crippen LogP contribution is 2.24. The Kier molecular flexibility index (Phi) is 2.99. The first kappa shape index (κ1) is 9.89. The van der Waals surface area contributed by atoms with Gasteiger partial charge in [-0.1, -0.05) is 20.8 Å². The maximum atomic E-state index is 10.1. The highest BCUT2D eigenvalue weighted by molar-refractivity contribution is 4.90. The molecule has 4 heteroatoms. The fourth-order valence-corrected chi connectivity index (χ4v) is 0.657. The molecule has 0 saturated heterocycles.